The largest absolute Gasteiger partial charge is 0.481 e. The molecule has 0 aliphatic heterocycles. The number of thiophene rings is 1. The third kappa shape index (κ3) is 3.12. The number of hydrogen-bond acceptors (Lipinski definition) is 5. The first-order chi connectivity index (χ1) is 8.88. The van der Waals surface area contributed by atoms with Gasteiger partial charge in [-0.1, -0.05) is 0 Å². The Kier molecular flexibility index (Phi) is 3.58. The summed E-state index contributed by atoms with van der Waals surface area (Å²) in [4.78, 5) is 14.9. The Hall–Kier alpha value is -1.87. The van der Waals surface area contributed by atoms with Crippen molar-refractivity contribution >= 4 is 33.0 Å². The van der Waals surface area contributed by atoms with Gasteiger partial charge < -0.3 is 9.67 Å². The lowest BCUT2D eigenvalue weighted by Crippen LogP contribution is -2.14. The molecule has 0 aliphatic carbocycles. The van der Waals surface area contributed by atoms with Gasteiger partial charge in [-0.05, 0) is 11.4 Å². The predicted octanol–water partition coefficient (Wildman–Crippen LogP) is 0.909. The number of sulfonamides is 1. The molecule has 102 valence electrons. The number of nitrogens with zero attached hydrogens (tertiary/aromatic N) is 2. The van der Waals surface area contributed by atoms with E-state index in [0.29, 0.717) is 4.88 Å². The van der Waals surface area contributed by atoms with Crippen LogP contribution in [0.25, 0.3) is 0 Å². The van der Waals surface area contributed by atoms with E-state index in [1.165, 1.54) is 34.5 Å². The van der Waals surface area contributed by atoms with Crippen LogP contribution in [0.3, 0.4) is 0 Å². The van der Waals surface area contributed by atoms with Crippen LogP contribution in [0.15, 0.2) is 29.0 Å². The zero-order chi connectivity index (χ0) is 14.0. The molecule has 0 saturated carbocycles. The lowest BCUT2D eigenvalue weighted by molar-refractivity contribution is -0.136. The van der Waals surface area contributed by atoms with E-state index in [4.69, 9.17) is 5.11 Å². The van der Waals surface area contributed by atoms with E-state index in [9.17, 15) is 13.2 Å². The molecule has 2 aromatic rings. The lowest BCUT2D eigenvalue weighted by atomic mass is 10.3. The van der Waals surface area contributed by atoms with Gasteiger partial charge in [-0.15, -0.1) is 11.3 Å². The average Bonchev–Trinajstić information content (AvgIpc) is 2.88. The topological polar surface area (TPSA) is 101 Å². The number of carboxylic acids is 1. The van der Waals surface area contributed by atoms with Gasteiger partial charge in [-0.2, -0.15) is 8.42 Å². The molecule has 0 unspecified atom stereocenters. The van der Waals surface area contributed by atoms with Crippen LogP contribution in [-0.4, -0.2) is 29.0 Å². The van der Waals surface area contributed by atoms with E-state index in [1.807, 2.05) is 0 Å². The number of carboxylic acid groups (broad SMARTS) is 1. The number of nitrogens with one attached hydrogen (secondary N) is 1. The zero-order valence-electron chi connectivity index (χ0n) is 9.90. The van der Waals surface area contributed by atoms with Crippen LogP contribution in [0.5, 0.6) is 0 Å². The maximum Gasteiger partial charge on any atom is 0.308 e. The Labute approximate surface area is 113 Å². The first kappa shape index (κ1) is 13.6. The quantitative estimate of drug-likeness (QED) is 0.854. The molecule has 2 rings (SSSR count). The van der Waals surface area contributed by atoms with Crippen LogP contribution >= 0.6 is 11.3 Å². The van der Waals surface area contributed by atoms with Crippen LogP contribution in [0, 0.1) is 0 Å². The molecular formula is C10H11N3O4S2. The van der Waals surface area contributed by atoms with Gasteiger partial charge in [0.1, 0.15) is 0 Å². The number of rotatable bonds is 5. The summed E-state index contributed by atoms with van der Waals surface area (Å²) in [5, 5.41) is 10.3. The Morgan fingerprint density at radius 2 is 2.32 bits per heavy atom. The highest BCUT2D eigenvalue weighted by Gasteiger charge is 2.19. The van der Waals surface area contributed by atoms with Crippen molar-refractivity contribution in [3.63, 3.8) is 0 Å². The minimum Gasteiger partial charge on any atom is -0.481 e. The van der Waals surface area contributed by atoms with Crippen molar-refractivity contribution in [1.82, 2.24) is 9.55 Å². The number of hydrogen-bond donors (Lipinski definition) is 2. The molecule has 0 bridgehead atoms. The molecular weight excluding hydrogens is 290 g/mol. The van der Waals surface area contributed by atoms with Gasteiger partial charge in [0.05, 0.1) is 18.4 Å². The summed E-state index contributed by atoms with van der Waals surface area (Å²) in [5.74, 6) is -1.01. The van der Waals surface area contributed by atoms with Gasteiger partial charge in [0.25, 0.3) is 10.0 Å². The predicted molar refractivity (Wildman–Crippen MR) is 69.7 cm³/mol. The van der Waals surface area contributed by atoms with Crippen molar-refractivity contribution in [3.8, 4) is 0 Å². The first-order valence-corrected chi connectivity index (χ1v) is 7.54. The van der Waals surface area contributed by atoms with E-state index in [1.54, 1.807) is 12.4 Å². The summed E-state index contributed by atoms with van der Waals surface area (Å²) in [6.07, 6.45) is 2.52. The fourth-order valence-electron chi connectivity index (χ4n) is 1.43. The highest BCUT2D eigenvalue weighted by atomic mass is 32.2. The van der Waals surface area contributed by atoms with E-state index in [2.05, 4.69) is 9.71 Å². The van der Waals surface area contributed by atoms with E-state index >= 15 is 0 Å². The summed E-state index contributed by atoms with van der Waals surface area (Å²) >= 11 is 1.19. The number of aryl methyl sites for hydroxylation is 1. The zero-order valence-corrected chi connectivity index (χ0v) is 11.5. The third-order valence-corrected chi connectivity index (χ3v) is 4.43. The number of aromatic nitrogens is 2. The second-order valence-electron chi connectivity index (χ2n) is 3.81. The SMILES string of the molecule is Cn1cnc(S(=O)(=O)Nc2ccsc2CC(=O)O)c1. The molecule has 0 aromatic carbocycles. The van der Waals surface area contributed by atoms with Crippen LogP contribution in [-0.2, 0) is 28.3 Å². The average molecular weight is 301 g/mol. The molecule has 0 fully saturated rings. The second-order valence-corrected chi connectivity index (χ2v) is 6.44. The Bertz CT molecular complexity index is 702. The molecule has 0 aliphatic rings. The van der Waals surface area contributed by atoms with Crippen molar-refractivity contribution in [2.45, 2.75) is 11.4 Å². The van der Waals surface area contributed by atoms with Crippen molar-refractivity contribution in [3.05, 3.63) is 28.8 Å². The molecule has 0 spiro atoms. The van der Waals surface area contributed by atoms with Gasteiger partial charge >= 0.3 is 5.97 Å². The Morgan fingerprint density at radius 1 is 1.58 bits per heavy atom. The van der Waals surface area contributed by atoms with Gasteiger partial charge in [0.15, 0.2) is 5.03 Å². The van der Waals surface area contributed by atoms with Gasteiger partial charge in [-0.25, -0.2) is 4.98 Å². The summed E-state index contributed by atoms with van der Waals surface area (Å²) in [7, 11) is -2.13. The number of aliphatic carboxylic acids is 1. The van der Waals surface area contributed by atoms with E-state index < -0.39 is 16.0 Å². The molecule has 2 N–H and O–H groups in total. The molecule has 0 atom stereocenters. The molecule has 7 nitrogen and oxygen atoms in total. The second kappa shape index (κ2) is 5.02. The number of anilines is 1. The fraction of sp³-hybridized carbons (Fsp3) is 0.200. The maximum atomic E-state index is 12.0. The van der Waals surface area contributed by atoms with Crippen LogP contribution in [0.2, 0.25) is 0 Å². The molecule has 19 heavy (non-hydrogen) atoms. The fourth-order valence-corrected chi connectivity index (χ4v) is 3.39. The van der Waals surface area contributed by atoms with E-state index in [-0.39, 0.29) is 17.1 Å². The highest BCUT2D eigenvalue weighted by molar-refractivity contribution is 7.92. The minimum atomic E-state index is -3.79. The Morgan fingerprint density at radius 3 is 2.89 bits per heavy atom. The molecule has 0 radical (unpaired) electrons. The highest BCUT2D eigenvalue weighted by Crippen LogP contribution is 2.25. The Balaban J connectivity index is 2.26. The number of imidazole rings is 1. The molecule has 0 amide bonds. The molecule has 2 aromatic heterocycles. The standard InChI is InChI=1S/C10H11N3O4S2/c1-13-5-9(11-6-13)19(16,17)12-7-2-3-18-8(7)4-10(14)15/h2-3,5-6,12H,4H2,1H3,(H,14,15). The van der Waals surface area contributed by atoms with Crippen molar-refractivity contribution in [2.24, 2.45) is 7.05 Å². The normalized spacial score (nSPS) is 11.4. The van der Waals surface area contributed by atoms with Crippen LogP contribution in [0.4, 0.5) is 5.69 Å². The first-order valence-electron chi connectivity index (χ1n) is 5.17. The third-order valence-electron chi connectivity index (χ3n) is 2.26. The summed E-state index contributed by atoms with van der Waals surface area (Å²) in [6, 6.07) is 1.53. The number of carbonyl (C=O) groups is 1. The van der Waals surface area contributed by atoms with Gasteiger partial charge in [-0.3, -0.25) is 9.52 Å². The van der Waals surface area contributed by atoms with Gasteiger partial charge in [0, 0.05) is 18.1 Å². The van der Waals surface area contributed by atoms with Crippen molar-refractivity contribution < 1.29 is 18.3 Å². The summed E-state index contributed by atoms with van der Waals surface area (Å²) in [5.41, 5.74) is 0.276. The van der Waals surface area contributed by atoms with Gasteiger partial charge in [0.2, 0.25) is 0 Å². The minimum absolute atomic E-state index is 0.109. The van der Waals surface area contributed by atoms with Crippen molar-refractivity contribution in [2.75, 3.05) is 4.72 Å². The molecule has 2 heterocycles. The van der Waals surface area contributed by atoms with Crippen LogP contribution in [0.1, 0.15) is 4.88 Å². The maximum absolute atomic E-state index is 12.0. The molecule has 0 saturated heterocycles. The van der Waals surface area contributed by atoms with Crippen LogP contribution < -0.4 is 4.72 Å². The van der Waals surface area contributed by atoms with E-state index in [0.717, 1.165) is 0 Å². The monoisotopic (exact) mass is 301 g/mol. The van der Waals surface area contributed by atoms with Crippen molar-refractivity contribution in [1.29, 1.82) is 0 Å². The molecule has 9 heteroatoms. The smallest absolute Gasteiger partial charge is 0.308 e. The summed E-state index contributed by atoms with van der Waals surface area (Å²) < 4.78 is 27.9. The lowest BCUT2D eigenvalue weighted by Gasteiger charge is -2.05. The summed E-state index contributed by atoms with van der Waals surface area (Å²) in [6.45, 7) is 0.